The summed E-state index contributed by atoms with van der Waals surface area (Å²) in [6.45, 7) is 0. The summed E-state index contributed by atoms with van der Waals surface area (Å²) in [4.78, 5) is 9.02. The molecule has 0 aromatic carbocycles. The lowest BCUT2D eigenvalue weighted by atomic mass is 10.2. The molecule has 0 N–H and O–H groups in total. The Labute approximate surface area is 101 Å². The number of aromatic nitrogens is 2. The van der Waals surface area contributed by atoms with Crippen LogP contribution in [0.1, 0.15) is 24.6 Å². The molecular weight excluding hydrogens is 272 g/mol. The van der Waals surface area contributed by atoms with Gasteiger partial charge in [0.1, 0.15) is 10.4 Å². The summed E-state index contributed by atoms with van der Waals surface area (Å²) in [6, 6.07) is 4.07. The lowest BCUT2D eigenvalue weighted by molar-refractivity contribution is 0.919. The first-order valence-corrected chi connectivity index (χ1v) is 6.63. The molecule has 3 rings (SSSR count). The average molecular weight is 281 g/mol. The molecule has 0 radical (unpaired) electrons. The molecule has 2 aromatic heterocycles. The topological polar surface area (TPSA) is 25.8 Å². The van der Waals surface area contributed by atoms with Crippen LogP contribution in [0.4, 0.5) is 0 Å². The molecule has 0 spiro atoms. The molecule has 0 atom stereocenters. The molecule has 15 heavy (non-hydrogen) atoms. The van der Waals surface area contributed by atoms with E-state index < -0.39 is 0 Å². The fraction of sp³-hybridized carbons (Fsp3) is 0.273. The van der Waals surface area contributed by atoms with Gasteiger partial charge in [0, 0.05) is 16.9 Å². The Bertz CT molecular complexity index is 477. The van der Waals surface area contributed by atoms with Gasteiger partial charge in [0.2, 0.25) is 0 Å². The van der Waals surface area contributed by atoms with Crippen LogP contribution in [-0.2, 0) is 0 Å². The van der Waals surface area contributed by atoms with Crippen molar-refractivity contribution in [3.63, 3.8) is 0 Å². The number of hydrogen-bond donors (Lipinski definition) is 0. The minimum absolute atomic E-state index is 0.597. The van der Waals surface area contributed by atoms with Gasteiger partial charge in [-0.05, 0) is 46.3 Å². The van der Waals surface area contributed by atoms with E-state index in [1.54, 1.807) is 11.3 Å². The zero-order chi connectivity index (χ0) is 10.3. The molecular formula is C11H9BrN2S. The van der Waals surface area contributed by atoms with Crippen LogP contribution in [0.15, 0.2) is 27.5 Å². The second-order valence-electron chi connectivity index (χ2n) is 3.72. The number of nitrogens with zero attached hydrogens (tertiary/aromatic N) is 2. The smallest absolute Gasteiger partial charge is 0.133 e. The van der Waals surface area contributed by atoms with Crippen molar-refractivity contribution >= 4 is 27.3 Å². The van der Waals surface area contributed by atoms with Crippen molar-refractivity contribution in [2.45, 2.75) is 18.8 Å². The minimum Gasteiger partial charge on any atom is -0.232 e. The fourth-order valence-corrected chi connectivity index (χ4v) is 2.57. The van der Waals surface area contributed by atoms with E-state index >= 15 is 0 Å². The van der Waals surface area contributed by atoms with Crippen LogP contribution < -0.4 is 0 Å². The quantitative estimate of drug-likeness (QED) is 0.781. The van der Waals surface area contributed by atoms with E-state index in [1.165, 1.54) is 18.4 Å². The highest BCUT2D eigenvalue weighted by Gasteiger charge is 2.27. The van der Waals surface area contributed by atoms with Crippen LogP contribution in [0.2, 0.25) is 0 Å². The molecule has 2 heterocycles. The molecule has 0 unspecified atom stereocenters. The van der Waals surface area contributed by atoms with Crippen LogP contribution in [0.25, 0.3) is 11.3 Å². The molecule has 1 aliphatic carbocycles. The predicted molar refractivity (Wildman–Crippen MR) is 65.0 cm³/mol. The summed E-state index contributed by atoms with van der Waals surface area (Å²) in [7, 11) is 0. The van der Waals surface area contributed by atoms with Gasteiger partial charge in [0.15, 0.2) is 0 Å². The molecule has 1 fully saturated rings. The Morgan fingerprint density at radius 2 is 2.20 bits per heavy atom. The summed E-state index contributed by atoms with van der Waals surface area (Å²) in [5, 5.41) is 4.19. The Morgan fingerprint density at radius 3 is 2.87 bits per heavy atom. The lowest BCUT2D eigenvalue weighted by Crippen LogP contribution is -1.94. The molecule has 0 aliphatic heterocycles. The highest BCUT2D eigenvalue weighted by Crippen LogP contribution is 2.39. The third-order valence-corrected chi connectivity index (χ3v) is 3.56. The molecule has 1 saturated carbocycles. The summed E-state index contributed by atoms with van der Waals surface area (Å²) >= 11 is 5.14. The van der Waals surface area contributed by atoms with Crippen molar-refractivity contribution in [1.29, 1.82) is 0 Å². The number of hydrogen-bond acceptors (Lipinski definition) is 3. The van der Waals surface area contributed by atoms with Gasteiger partial charge in [-0.2, -0.15) is 11.3 Å². The molecule has 1 aliphatic rings. The van der Waals surface area contributed by atoms with Crippen molar-refractivity contribution in [3.8, 4) is 11.3 Å². The van der Waals surface area contributed by atoms with E-state index in [0.717, 1.165) is 16.1 Å². The van der Waals surface area contributed by atoms with Crippen LogP contribution in [-0.4, -0.2) is 9.97 Å². The van der Waals surface area contributed by atoms with Crippen molar-refractivity contribution < 1.29 is 0 Å². The van der Waals surface area contributed by atoms with Crippen LogP contribution in [0, 0.1) is 0 Å². The van der Waals surface area contributed by atoms with E-state index in [9.17, 15) is 0 Å². The molecule has 0 bridgehead atoms. The molecule has 4 heteroatoms. The van der Waals surface area contributed by atoms with E-state index in [1.807, 2.05) is 6.07 Å². The zero-order valence-electron chi connectivity index (χ0n) is 7.98. The maximum absolute atomic E-state index is 4.60. The van der Waals surface area contributed by atoms with Crippen molar-refractivity contribution in [3.05, 3.63) is 33.3 Å². The maximum atomic E-state index is 4.60. The molecule has 2 aromatic rings. The minimum atomic E-state index is 0.597. The number of rotatable bonds is 2. The van der Waals surface area contributed by atoms with E-state index in [4.69, 9.17) is 0 Å². The Kier molecular flexibility index (Phi) is 2.33. The van der Waals surface area contributed by atoms with Gasteiger partial charge in [-0.3, -0.25) is 0 Å². The van der Waals surface area contributed by atoms with Crippen molar-refractivity contribution in [2.24, 2.45) is 0 Å². The van der Waals surface area contributed by atoms with Crippen molar-refractivity contribution in [1.82, 2.24) is 9.97 Å². The number of halogens is 1. The van der Waals surface area contributed by atoms with Gasteiger partial charge >= 0.3 is 0 Å². The zero-order valence-corrected chi connectivity index (χ0v) is 10.4. The first-order valence-electron chi connectivity index (χ1n) is 4.90. The lowest BCUT2D eigenvalue weighted by Gasteiger charge is -2.02. The van der Waals surface area contributed by atoms with Crippen LogP contribution >= 0.6 is 27.3 Å². The van der Waals surface area contributed by atoms with Gasteiger partial charge < -0.3 is 0 Å². The third-order valence-electron chi connectivity index (χ3n) is 2.47. The van der Waals surface area contributed by atoms with Gasteiger partial charge in [0.05, 0.1) is 5.69 Å². The first kappa shape index (κ1) is 9.48. The van der Waals surface area contributed by atoms with Crippen LogP contribution in [0.5, 0.6) is 0 Å². The first-order chi connectivity index (χ1) is 7.33. The van der Waals surface area contributed by atoms with Gasteiger partial charge in [0.25, 0.3) is 0 Å². The third kappa shape index (κ3) is 1.96. The highest BCUT2D eigenvalue weighted by molar-refractivity contribution is 9.10. The van der Waals surface area contributed by atoms with Gasteiger partial charge in [-0.1, -0.05) is 0 Å². The van der Waals surface area contributed by atoms with E-state index in [-0.39, 0.29) is 0 Å². The molecule has 2 nitrogen and oxygen atoms in total. The standard InChI is InChI=1S/C11H9BrN2S/c12-10-5-9(8-3-4-15-6-8)13-11(14-10)7-1-2-7/h3-7H,1-2H2. The Hall–Kier alpha value is -0.740. The Balaban J connectivity index is 2.07. The summed E-state index contributed by atoms with van der Waals surface area (Å²) < 4.78 is 0.889. The van der Waals surface area contributed by atoms with Crippen molar-refractivity contribution in [2.75, 3.05) is 0 Å². The second kappa shape index (κ2) is 3.68. The molecule has 0 saturated heterocycles. The van der Waals surface area contributed by atoms with Crippen LogP contribution in [0.3, 0.4) is 0 Å². The highest BCUT2D eigenvalue weighted by atomic mass is 79.9. The largest absolute Gasteiger partial charge is 0.232 e. The average Bonchev–Trinajstić information content (AvgIpc) is 2.93. The normalized spacial score (nSPS) is 15.5. The monoisotopic (exact) mass is 280 g/mol. The van der Waals surface area contributed by atoms with E-state index in [0.29, 0.717) is 5.92 Å². The summed E-state index contributed by atoms with van der Waals surface area (Å²) in [5.41, 5.74) is 2.21. The fourth-order valence-electron chi connectivity index (χ4n) is 1.52. The maximum Gasteiger partial charge on any atom is 0.133 e. The number of thiophene rings is 1. The van der Waals surface area contributed by atoms with Gasteiger partial charge in [-0.25, -0.2) is 9.97 Å². The molecule has 0 amide bonds. The van der Waals surface area contributed by atoms with Gasteiger partial charge in [-0.15, -0.1) is 0 Å². The van der Waals surface area contributed by atoms with E-state index in [2.05, 4.69) is 42.7 Å². The summed E-state index contributed by atoms with van der Waals surface area (Å²) in [5.74, 6) is 1.59. The second-order valence-corrected chi connectivity index (χ2v) is 5.31. The molecule has 76 valence electrons. The summed E-state index contributed by atoms with van der Waals surface area (Å²) in [6.07, 6.45) is 2.47. The predicted octanol–water partition coefficient (Wildman–Crippen LogP) is 3.85. The SMILES string of the molecule is Brc1cc(-c2ccsc2)nc(C2CC2)n1. The Morgan fingerprint density at radius 1 is 1.33 bits per heavy atom.